The molecule has 7 heteroatoms. The molecule has 1 saturated heterocycles. The smallest absolute Gasteiger partial charge is 0.308 e. The Balaban J connectivity index is 1.71. The molecule has 204 valence electrons. The van der Waals surface area contributed by atoms with Gasteiger partial charge in [-0.05, 0) is 73.6 Å². The normalized spacial score (nSPS) is 33.9. The zero-order valence-electron chi connectivity index (χ0n) is 23.3. The lowest BCUT2D eigenvalue weighted by Gasteiger charge is -2.43. The Morgan fingerprint density at radius 1 is 1.28 bits per heavy atom. The second kappa shape index (κ2) is 11.5. The van der Waals surface area contributed by atoms with E-state index < -0.39 is 14.4 Å². The summed E-state index contributed by atoms with van der Waals surface area (Å²) < 4.78 is 11.8. The lowest BCUT2D eigenvalue weighted by Crippen LogP contribution is -2.43. The van der Waals surface area contributed by atoms with Crippen molar-refractivity contribution in [3.63, 3.8) is 0 Å². The van der Waals surface area contributed by atoms with Crippen molar-refractivity contribution in [3.05, 3.63) is 23.8 Å². The van der Waals surface area contributed by atoms with E-state index in [0.29, 0.717) is 18.8 Å². The number of cyclic esters (lactones) is 1. The van der Waals surface area contributed by atoms with Crippen LogP contribution in [0.1, 0.15) is 79.6 Å². The van der Waals surface area contributed by atoms with Gasteiger partial charge in [0.05, 0.1) is 12.0 Å². The predicted molar refractivity (Wildman–Crippen MR) is 144 cm³/mol. The van der Waals surface area contributed by atoms with Crippen molar-refractivity contribution in [2.24, 2.45) is 29.6 Å². The van der Waals surface area contributed by atoms with E-state index >= 15 is 0 Å². The minimum atomic E-state index is -2.35. The van der Waals surface area contributed by atoms with Crippen LogP contribution in [0, 0.1) is 29.6 Å². The summed E-state index contributed by atoms with van der Waals surface area (Å²) in [6.45, 7) is 14.2. The Kier molecular flexibility index (Phi) is 9.32. The van der Waals surface area contributed by atoms with Gasteiger partial charge < -0.3 is 19.4 Å². The van der Waals surface area contributed by atoms with Crippen LogP contribution in [0.25, 0.3) is 0 Å². The maximum absolute atomic E-state index is 12.7. The SMILES string of the molecule is CC[C@H](C)C(=O)O[C@H]1C[C@H](O)C=C2C=C[C@H](C)[C@H](CC[C@@H]3C[C@@H](CC(C)(C)[Si](C)(C)O)CC(=O)O3)[C@H]21. The minimum absolute atomic E-state index is 0.0385. The first kappa shape index (κ1) is 29.1. The number of rotatable bonds is 9. The number of hydrogen-bond donors (Lipinski definition) is 2. The monoisotopic (exact) mass is 520 g/mol. The van der Waals surface area contributed by atoms with E-state index in [1.54, 1.807) is 0 Å². The van der Waals surface area contributed by atoms with Crippen molar-refractivity contribution in [2.45, 2.75) is 116 Å². The Bertz CT molecular complexity index is 856. The lowest BCUT2D eigenvalue weighted by molar-refractivity contribution is -0.161. The van der Waals surface area contributed by atoms with Gasteiger partial charge in [0.1, 0.15) is 12.2 Å². The topological polar surface area (TPSA) is 93.1 Å². The molecular formula is C29H48O6Si. The molecule has 6 nitrogen and oxygen atoms in total. The molecule has 36 heavy (non-hydrogen) atoms. The molecule has 0 radical (unpaired) electrons. The van der Waals surface area contributed by atoms with Gasteiger partial charge in [-0.3, -0.25) is 9.59 Å². The number of fused-ring (bicyclic) bond motifs is 1. The number of aliphatic hydroxyl groups excluding tert-OH is 1. The average Bonchev–Trinajstić information content (AvgIpc) is 2.76. The van der Waals surface area contributed by atoms with Crippen LogP contribution in [-0.4, -0.2) is 48.5 Å². The van der Waals surface area contributed by atoms with Gasteiger partial charge in [-0.1, -0.05) is 52.8 Å². The second-order valence-corrected chi connectivity index (χ2v) is 17.3. The number of hydrogen-bond acceptors (Lipinski definition) is 6. The van der Waals surface area contributed by atoms with Gasteiger partial charge in [-0.2, -0.15) is 0 Å². The second-order valence-electron chi connectivity index (χ2n) is 12.8. The van der Waals surface area contributed by atoms with E-state index in [1.807, 2.05) is 33.0 Å². The highest BCUT2D eigenvalue weighted by Gasteiger charge is 2.44. The van der Waals surface area contributed by atoms with Crippen molar-refractivity contribution >= 4 is 20.3 Å². The molecule has 2 aliphatic carbocycles. The highest BCUT2D eigenvalue weighted by atomic mass is 28.4. The van der Waals surface area contributed by atoms with Crippen LogP contribution in [0.3, 0.4) is 0 Å². The summed E-state index contributed by atoms with van der Waals surface area (Å²) in [6.07, 6.45) is 9.93. The molecule has 1 aliphatic heterocycles. The third-order valence-corrected chi connectivity index (χ3v) is 12.8. The van der Waals surface area contributed by atoms with Crippen LogP contribution >= 0.6 is 0 Å². The molecule has 8 atom stereocenters. The van der Waals surface area contributed by atoms with E-state index in [9.17, 15) is 19.5 Å². The first-order valence-electron chi connectivity index (χ1n) is 13.9. The van der Waals surface area contributed by atoms with Gasteiger partial charge in [0.2, 0.25) is 0 Å². The van der Waals surface area contributed by atoms with Crippen LogP contribution in [0.15, 0.2) is 23.8 Å². The zero-order chi connectivity index (χ0) is 26.8. The van der Waals surface area contributed by atoms with E-state index in [-0.39, 0.29) is 52.9 Å². The van der Waals surface area contributed by atoms with Crippen molar-refractivity contribution < 1.29 is 29.0 Å². The Morgan fingerprint density at radius 3 is 2.61 bits per heavy atom. The Morgan fingerprint density at radius 2 is 1.97 bits per heavy atom. The summed E-state index contributed by atoms with van der Waals surface area (Å²) in [5.74, 6) is 0.295. The average molecular weight is 521 g/mol. The van der Waals surface area contributed by atoms with Crippen LogP contribution in [0.4, 0.5) is 0 Å². The Hall–Kier alpha value is -1.44. The molecule has 0 saturated carbocycles. The maximum atomic E-state index is 12.7. The van der Waals surface area contributed by atoms with E-state index in [0.717, 1.165) is 37.7 Å². The summed E-state index contributed by atoms with van der Waals surface area (Å²) in [7, 11) is -2.35. The molecule has 3 aliphatic rings. The molecule has 0 amide bonds. The molecule has 0 aromatic heterocycles. The van der Waals surface area contributed by atoms with E-state index in [4.69, 9.17) is 9.47 Å². The molecule has 3 rings (SSSR count). The quantitative estimate of drug-likeness (QED) is 0.306. The number of allylic oxidation sites excluding steroid dienone is 2. The van der Waals surface area contributed by atoms with Crippen LogP contribution in [0.5, 0.6) is 0 Å². The maximum Gasteiger partial charge on any atom is 0.308 e. The van der Waals surface area contributed by atoms with E-state index in [1.165, 1.54) is 0 Å². The van der Waals surface area contributed by atoms with Crippen molar-refractivity contribution in [1.82, 2.24) is 0 Å². The highest BCUT2D eigenvalue weighted by molar-refractivity contribution is 6.72. The highest BCUT2D eigenvalue weighted by Crippen LogP contribution is 2.46. The molecule has 0 aromatic carbocycles. The molecule has 0 spiro atoms. The van der Waals surface area contributed by atoms with Crippen LogP contribution < -0.4 is 0 Å². The first-order chi connectivity index (χ1) is 16.7. The fourth-order valence-electron chi connectivity index (χ4n) is 6.07. The van der Waals surface area contributed by atoms with Crippen molar-refractivity contribution in [2.75, 3.05) is 0 Å². The molecule has 2 N–H and O–H groups in total. The number of carbonyl (C=O) groups is 2. The first-order valence-corrected chi connectivity index (χ1v) is 16.9. The van der Waals surface area contributed by atoms with Gasteiger partial charge in [0.25, 0.3) is 0 Å². The summed E-state index contributed by atoms with van der Waals surface area (Å²) in [6, 6.07) is 0. The summed E-state index contributed by atoms with van der Waals surface area (Å²) in [5, 5.41) is 10.3. The fraction of sp³-hybridized carbons (Fsp3) is 0.793. The van der Waals surface area contributed by atoms with Crippen LogP contribution in [0.2, 0.25) is 18.1 Å². The minimum Gasteiger partial charge on any atom is -0.462 e. The number of carbonyl (C=O) groups excluding carboxylic acids is 2. The summed E-state index contributed by atoms with van der Waals surface area (Å²) in [5.41, 5.74) is 1.05. The van der Waals surface area contributed by atoms with Gasteiger partial charge >= 0.3 is 11.9 Å². The van der Waals surface area contributed by atoms with Gasteiger partial charge in [-0.15, -0.1) is 0 Å². The number of esters is 2. The van der Waals surface area contributed by atoms with Gasteiger partial charge in [0.15, 0.2) is 8.32 Å². The van der Waals surface area contributed by atoms with Crippen molar-refractivity contribution in [3.8, 4) is 0 Å². The van der Waals surface area contributed by atoms with Gasteiger partial charge in [-0.25, -0.2) is 0 Å². The van der Waals surface area contributed by atoms with E-state index in [2.05, 4.69) is 32.9 Å². The van der Waals surface area contributed by atoms with Crippen molar-refractivity contribution in [1.29, 1.82) is 0 Å². The predicted octanol–water partition coefficient (Wildman–Crippen LogP) is 5.54. The fourth-order valence-corrected chi connectivity index (χ4v) is 6.86. The zero-order valence-corrected chi connectivity index (χ0v) is 24.3. The molecule has 0 bridgehead atoms. The standard InChI is InChI=1S/C29H48O6Si/c1-8-18(2)28(32)35-25-16-22(30)15-21-10-9-19(3)24(27(21)25)12-11-23-13-20(14-26(31)34-23)17-29(4,5)36(6,7)33/h9-10,15,18-20,22-25,27,30,33H,8,11-14,16-17H2,1-7H3/t18-,19-,20+,22+,23+,24-,25-,27-/m0/s1. The third-order valence-electron chi connectivity index (χ3n) is 9.28. The summed E-state index contributed by atoms with van der Waals surface area (Å²) >= 11 is 0. The van der Waals surface area contributed by atoms with Gasteiger partial charge in [0, 0.05) is 18.8 Å². The molecule has 1 heterocycles. The molecule has 1 fully saturated rings. The van der Waals surface area contributed by atoms with Crippen LogP contribution in [-0.2, 0) is 19.1 Å². The molecule has 0 unspecified atom stereocenters. The molecular weight excluding hydrogens is 472 g/mol. The summed E-state index contributed by atoms with van der Waals surface area (Å²) in [4.78, 5) is 35.9. The largest absolute Gasteiger partial charge is 0.462 e. The number of aliphatic hydroxyl groups is 1. The molecule has 0 aromatic rings. The lowest BCUT2D eigenvalue weighted by atomic mass is 9.66. The Labute approximate surface area is 218 Å². The third kappa shape index (κ3) is 6.90. The number of ether oxygens (including phenoxy) is 2.